The van der Waals surface area contributed by atoms with Crippen molar-refractivity contribution in [2.24, 2.45) is 0 Å². The number of methoxy groups -OCH3 is 2. The fraction of sp³-hybridized carbons (Fsp3) is 0.952. The van der Waals surface area contributed by atoms with E-state index in [1.54, 1.807) is 0 Å². The Morgan fingerprint density at radius 1 is 0.862 bits per heavy atom. The number of rotatable bonds is 2. The topological polar surface area (TPSA) is 64.0 Å². The molecular weight excluding hydrogens is 394 g/mol. The number of nitrogens with one attached hydrogen (secondary N) is 2. The number of guanidine groups is 1. The molecule has 0 bridgehead atoms. The van der Waals surface area contributed by atoms with E-state index in [4.69, 9.17) is 18.9 Å². The summed E-state index contributed by atoms with van der Waals surface area (Å²) in [6, 6.07) is 0.486. The zero-order chi connectivity index (χ0) is 19.5. The lowest BCUT2D eigenvalue weighted by Crippen LogP contribution is -3.00. The van der Waals surface area contributed by atoms with Gasteiger partial charge in [0.05, 0.1) is 12.2 Å². The molecule has 8 heteroatoms. The van der Waals surface area contributed by atoms with Gasteiger partial charge in [0.2, 0.25) is 0 Å². The summed E-state index contributed by atoms with van der Waals surface area (Å²) in [7, 11) is 3.63. The summed E-state index contributed by atoms with van der Waals surface area (Å²) in [5.41, 5.74) is -0.659. The van der Waals surface area contributed by atoms with Crippen molar-refractivity contribution >= 4 is 5.96 Å². The van der Waals surface area contributed by atoms with Crippen LogP contribution in [0.4, 0.5) is 0 Å². The van der Waals surface area contributed by atoms with E-state index in [9.17, 15) is 0 Å². The number of hydrogen-bond acceptors (Lipinski definition) is 6. The Morgan fingerprint density at radius 2 is 1.31 bits per heavy atom. The zero-order valence-corrected chi connectivity index (χ0v) is 18.8. The lowest BCUT2D eigenvalue weighted by molar-refractivity contribution is -0.609. The third-order valence-electron chi connectivity index (χ3n) is 7.61. The summed E-state index contributed by atoms with van der Waals surface area (Å²) in [4.78, 5) is 0. The average Bonchev–Trinajstić information content (AvgIpc) is 2.93. The van der Waals surface area contributed by atoms with E-state index in [1.165, 1.54) is 12.8 Å². The van der Waals surface area contributed by atoms with Crippen LogP contribution in [0.1, 0.15) is 65.2 Å². The number of nitrogens with zero attached hydrogens (tertiary/aromatic N) is 1. The van der Waals surface area contributed by atoms with E-state index in [-0.39, 0.29) is 60.4 Å². The van der Waals surface area contributed by atoms with Crippen LogP contribution in [0.15, 0.2) is 0 Å². The molecule has 5 heterocycles. The van der Waals surface area contributed by atoms with E-state index in [0.29, 0.717) is 0 Å². The normalized spacial score (nSPS) is 48.7. The first-order chi connectivity index (χ1) is 13.5. The van der Waals surface area contributed by atoms with Gasteiger partial charge in [-0.3, -0.25) is 4.58 Å². The first-order valence-corrected chi connectivity index (χ1v) is 11.1. The van der Waals surface area contributed by atoms with Crippen LogP contribution in [0, 0.1) is 0 Å². The fourth-order valence-electron chi connectivity index (χ4n) is 6.55. The van der Waals surface area contributed by atoms with Gasteiger partial charge >= 0.3 is 5.96 Å². The SMILES string of the molecule is CO[C@@H]1[C@@H](OC)[C@@H]2C[C@]3(CCC[C@@H](C)O3)NC3=[N+]2[C@H]1CC1(CCC[C@@H](C)O1)N3.[Cl-]. The van der Waals surface area contributed by atoms with Gasteiger partial charge in [-0.15, -0.1) is 0 Å². The van der Waals surface area contributed by atoms with Crippen molar-refractivity contribution in [1.29, 1.82) is 0 Å². The van der Waals surface area contributed by atoms with E-state index < -0.39 is 0 Å². The minimum absolute atomic E-state index is 0. The molecule has 3 fully saturated rings. The molecule has 0 radical (unpaired) electrons. The van der Waals surface area contributed by atoms with Gasteiger partial charge in [-0.2, -0.15) is 0 Å². The number of hydrogen-bond donors (Lipinski definition) is 2. The fourth-order valence-corrected chi connectivity index (χ4v) is 6.55. The smallest absolute Gasteiger partial charge is 0.351 e. The quantitative estimate of drug-likeness (QED) is 0.532. The molecule has 8 atom stereocenters. The minimum atomic E-state index is -0.329. The maximum Gasteiger partial charge on any atom is 0.351 e. The molecule has 0 saturated carbocycles. The zero-order valence-electron chi connectivity index (χ0n) is 18.1. The van der Waals surface area contributed by atoms with Crippen LogP contribution in [0.5, 0.6) is 0 Å². The molecule has 166 valence electrons. The van der Waals surface area contributed by atoms with Gasteiger partial charge < -0.3 is 31.4 Å². The molecule has 0 aromatic carbocycles. The highest BCUT2D eigenvalue weighted by Gasteiger charge is 2.64. The van der Waals surface area contributed by atoms with Crippen molar-refractivity contribution in [2.45, 2.75) is 113 Å². The Hall–Kier alpha value is -0.600. The highest BCUT2D eigenvalue weighted by Crippen LogP contribution is 2.44. The Morgan fingerprint density at radius 3 is 1.69 bits per heavy atom. The molecule has 0 amide bonds. The third-order valence-corrected chi connectivity index (χ3v) is 7.61. The van der Waals surface area contributed by atoms with Gasteiger partial charge in [0.25, 0.3) is 0 Å². The van der Waals surface area contributed by atoms with Crippen molar-refractivity contribution in [3.63, 3.8) is 0 Å². The van der Waals surface area contributed by atoms with Gasteiger partial charge in [-0.25, -0.2) is 10.6 Å². The first kappa shape index (κ1) is 21.6. The summed E-state index contributed by atoms with van der Waals surface area (Å²) in [6.45, 7) is 4.37. The summed E-state index contributed by atoms with van der Waals surface area (Å²) in [5, 5.41) is 7.59. The molecule has 0 aromatic rings. The maximum absolute atomic E-state index is 6.54. The predicted molar refractivity (Wildman–Crippen MR) is 104 cm³/mol. The molecule has 29 heavy (non-hydrogen) atoms. The van der Waals surface area contributed by atoms with E-state index in [1.807, 2.05) is 14.2 Å². The summed E-state index contributed by atoms with van der Waals surface area (Å²) >= 11 is 0. The molecule has 2 spiro atoms. The minimum Gasteiger partial charge on any atom is -1.00 e. The number of ether oxygens (including phenoxy) is 4. The molecule has 0 aromatic heterocycles. The number of halogens is 1. The van der Waals surface area contributed by atoms with Gasteiger partial charge in [0, 0.05) is 39.9 Å². The molecular formula is C21H36ClN3O4. The van der Waals surface area contributed by atoms with E-state index in [2.05, 4.69) is 29.1 Å². The summed E-state index contributed by atoms with van der Waals surface area (Å²) in [6.07, 6.45) is 9.11. The second kappa shape index (κ2) is 7.83. The molecule has 5 rings (SSSR count). The second-order valence-corrected chi connectivity index (χ2v) is 9.58. The van der Waals surface area contributed by atoms with Crippen molar-refractivity contribution in [1.82, 2.24) is 10.6 Å². The Balaban J connectivity index is 0.00000205. The molecule has 2 N–H and O–H groups in total. The van der Waals surface area contributed by atoms with Gasteiger partial charge in [0.15, 0.2) is 11.4 Å². The molecule has 5 aliphatic rings. The summed E-state index contributed by atoms with van der Waals surface area (Å²) < 4.78 is 27.6. The lowest BCUT2D eigenvalue weighted by atomic mass is 9.89. The Labute approximate surface area is 180 Å². The largest absolute Gasteiger partial charge is 1.00 e. The standard InChI is InChI=1S/C21H35N3O4.ClH/c1-13-7-5-9-20(27-13)11-15-17(25-3)18(26-4)16-12-21(10-6-8-14(2)28-21)23-19(22-20)24(15)16;/h13-18H,5-12H2,1-4H3,(H,22,23);1H/t13-,14-,15+,16+,17+,18+,20-,21?;/m1./s1. The van der Waals surface area contributed by atoms with Crippen LogP contribution in [-0.2, 0) is 18.9 Å². The van der Waals surface area contributed by atoms with E-state index >= 15 is 0 Å². The first-order valence-electron chi connectivity index (χ1n) is 11.1. The van der Waals surface area contributed by atoms with Gasteiger partial charge in [-0.1, -0.05) is 0 Å². The van der Waals surface area contributed by atoms with Crippen molar-refractivity contribution in [3.05, 3.63) is 0 Å². The highest BCUT2D eigenvalue weighted by atomic mass is 35.5. The van der Waals surface area contributed by atoms with Crippen molar-refractivity contribution < 1.29 is 35.9 Å². The second-order valence-electron chi connectivity index (χ2n) is 9.58. The van der Waals surface area contributed by atoms with Gasteiger partial charge in [0.1, 0.15) is 24.3 Å². The molecule has 1 unspecified atom stereocenters. The molecule has 3 saturated heterocycles. The van der Waals surface area contributed by atoms with Gasteiger partial charge in [-0.05, 0) is 39.5 Å². The van der Waals surface area contributed by atoms with Crippen LogP contribution in [-0.4, -0.2) is 72.7 Å². The lowest BCUT2D eigenvalue weighted by Gasteiger charge is -2.48. The van der Waals surface area contributed by atoms with E-state index in [0.717, 1.165) is 44.5 Å². The molecule has 5 aliphatic heterocycles. The van der Waals surface area contributed by atoms with Crippen LogP contribution < -0.4 is 23.0 Å². The third kappa shape index (κ3) is 3.47. The van der Waals surface area contributed by atoms with Crippen molar-refractivity contribution in [3.8, 4) is 0 Å². The van der Waals surface area contributed by atoms with Crippen molar-refractivity contribution in [2.75, 3.05) is 14.2 Å². The average molecular weight is 430 g/mol. The van der Waals surface area contributed by atoms with Crippen LogP contribution >= 0.6 is 0 Å². The molecule has 7 nitrogen and oxygen atoms in total. The Kier molecular flexibility index (Phi) is 5.84. The highest BCUT2D eigenvalue weighted by molar-refractivity contribution is 5.77. The summed E-state index contributed by atoms with van der Waals surface area (Å²) in [5.74, 6) is 1.05. The predicted octanol–water partition coefficient (Wildman–Crippen LogP) is -1.30. The van der Waals surface area contributed by atoms with Crippen LogP contribution in [0.2, 0.25) is 0 Å². The Bertz CT molecular complexity index is 612. The van der Waals surface area contributed by atoms with Crippen LogP contribution in [0.3, 0.4) is 0 Å². The maximum atomic E-state index is 6.54. The molecule has 0 aliphatic carbocycles. The van der Waals surface area contributed by atoms with Crippen LogP contribution in [0.25, 0.3) is 0 Å². The monoisotopic (exact) mass is 429 g/mol.